The maximum Gasteiger partial charge on any atom is 0.258 e. The summed E-state index contributed by atoms with van der Waals surface area (Å²) in [6, 6.07) is 9.47. The molecule has 0 radical (unpaired) electrons. The highest BCUT2D eigenvalue weighted by Gasteiger charge is 2.17. The average molecular weight is 451 g/mol. The molecule has 2 N–H and O–H groups in total. The van der Waals surface area contributed by atoms with Crippen LogP contribution in [0.5, 0.6) is 17.2 Å². The van der Waals surface area contributed by atoms with Gasteiger partial charge in [0.1, 0.15) is 5.75 Å². The van der Waals surface area contributed by atoms with E-state index in [1.807, 2.05) is 13.0 Å². The van der Waals surface area contributed by atoms with Crippen LogP contribution in [-0.4, -0.2) is 41.2 Å². The van der Waals surface area contributed by atoms with Gasteiger partial charge in [-0.25, -0.2) is 13.1 Å². The predicted octanol–water partition coefficient (Wildman–Crippen LogP) is 2.96. The van der Waals surface area contributed by atoms with Crippen LogP contribution in [0.1, 0.15) is 37.9 Å². The van der Waals surface area contributed by atoms with Crippen molar-refractivity contribution >= 4 is 15.9 Å². The standard InChI is InChI=1S/C22H30N2O6S/c1-14(2)24-31(26,27)18-8-10-19(15(3)11-18)30-13-22(25)23-16(4)17-7-9-20(28-5)21(12-17)29-6/h7-12,14,16,24H,13H2,1-6H3,(H,23,25)/t16-/m0/s1. The Morgan fingerprint density at radius 2 is 1.61 bits per heavy atom. The molecule has 0 aliphatic rings. The third-order valence-corrected chi connectivity index (χ3v) is 6.15. The van der Waals surface area contributed by atoms with E-state index in [4.69, 9.17) is 14.2 Å². The van der Waals surface area contributed by atoms with Gasteiger partial charge in [0.05, 0.1) is 25.2 Å². The van der Waals surface area contributed by atoms with Gasteiger partial charge >= 0.3 is 0 Å². The molecule has 0 fully saturated rings. The molecule has 0 bridgehead atoms. The highest BCUT2D eigenvalue weighted by atomic mass is 32.2. The van der Waals surface area contributed by atoms with Gasteiger partial charge in [-0.15, -0.1) is 0 Å². The van der Waals surface area contributed by atoms with E-state index in [0.717, 1.165) is 5.56 Å². The molecule has 0 heterocycles. The maximum atomic E-state index is 12.3. The Kier molecular flexibility index (Phi) is 8.29. The molecule has 0 spiro atoms. The summed E-state index contributed by atoms with van der Waals surface area (Å²) in [4.78, 5) is 12.5. The largest absolute Gasteiger partial charge is 0.493 e. The monoisotopic (exact) mass is 450 g/mol. The lowest BCUT2D eigenvalue weighted by atomic mass is 10.1. The first-order chi connectivity index (χ1) is 14.6. The second-order valence-electron chi connectivity index (χ2n) is 7.40. The summed E-state index contributed by atoms with van der Waals surface area (Å²) in [5.74, 6) is 1.32. The van der Waals surface area contributed by atoms with E-state index in [1.165, 1.54) is 12.1 Å². The number of carbonyl (C=O) groups is 1. The van der Waals surface area contributed by atoms with E-state index in [2.05, 4.69) is 10.0 Å². The van der Waals surface area contributed by atoms with Crippen molar-refractivity contribution in [2.45, 2.75) is 44.7 Å². The van der Waals surface area contributed by atoms with Crippen molar-refractivity contribution in [2.24, 2.45) is 0 Å². The second-order valence-corrected chi connectivity index (χ2v) is 9.11. The maximum absolute atomic E-state index is 12.3. The van der Waals surface area contributed by atoms with E-state index < -0.39 is 10.0 Å². The minimum absolute atomic E-state index is 0.151. The van der Waals surface area contributed by atoms with Gasteiger partial charge in [0, 0.05) is 6.04 Å². The quantitative estimate of drug-likeness (QED) is 0.577. The van der Waals surface area contributed by atoms with Crippen LogP contribution in [0.2, 0.25) is 0 Å². The van der Waals surface area contributed by atoms with Crippen LogP contribution in [0.4, 0.5) is 0 Å². The lowest BCUT2D eigenvalue weighted by Crippen LogP contribution is -2.31. The first-order valence-electron chi connectivity index (χ1n) is 9.84. The molecule has 0 saturated heterocycles. The number of carbonyl (C=O) groups excluding carboxylic acids is 1. The Hall–Kier alpha value is -2.78. The summed E-state index contributed by atoms with van der Waals surface area (Å²) in [5.41, 5.74) is 1.47. The Balaban J connectivity index is 2.00. The fourth-order valence-corrected chi connectivity index (χ4v) is 4.30. The van der Waals surface area contributed by atoms with Crippen LogP contribution in [-0.2, 0) is 14.8 Å². The molecule has 0 aliphatic carbocycles. The van der Waals surface area contributed by atoms with Crippen molar-refractivity contribution in [3.8, 4) is 17.2 Å². The van der Waals surface area contributed by atoms with E-state index >= 15 is 0 Å². The molecule has 0 aliphatic heterocycles. The zero-order chi connectivity index (χ0) is 23.2. The van der Waals surface area contributed by atoms with Gasteiger partial charge < -0.3 is 19.5 Å². The van der Waals surface area contributed by atoms with Crippen molar-refractivity contribution in [3.63, 3.8) is 0 Å². The number of hydrogen-bond donors (Lipinski definition) is 2. The van der Waals surface area contributed by atoms with Gasteiger partial charge in [-0.2, -0.15) is 0 Å². The molecular weight excluding hydrogens is 420 g/mol. The Morgan fingerprint density at radius 1 is 0.968 bits per heavy atom. The number of methoxy groups -OCH3 is 2. The fraction of sp³-hybridized carbons (Fsp3) is 0.409. The Bertz CT molecular complexity index is 1020. The minimum atomic E-state index is -3.59. The average Bonchev–Trinajstić information content (AvgIpc) is 2.71. The SMILES string of the molecule is COc1ccc([C@H](C)NC(=O)COc2ccc(S(=O)(=O)NC(C)C)cc2C)cc1OC. The van der Waals surface area contributed by atoms with Gasteiger partial charge in [0.25, 0.3) is 5.91 Å². The summed E-state index contributed by atoms with van der Waals surface area (Å²) in [6.45, 7) is 6.89. The number of aryl methyl sites for hydroxylation is 1. The Labute approximate surface area is 184 Å². The third-order valence-electron chi connectivity index (χ3n) is 4.49. The molecule has 0 aromatic heterocycles. The van der Waals surface area contributed by atoms with Crippen LogP contribution in [0, 0.1) is 6.92 Å². The molecule has 1 amide bonds. The van der Waals surface area contributed by atoms with Crippen molar-refractivity contribution in [1.29, 1.82) is 0 Å². The number of benzene rings is 2. The highest BCUT2D eigenvalue weighted by Crippen LogP contribution is 2.30. The van der Waals surface area contributed by atoms with Crippen molar-refractivity contribution in [1.82, 2.24) is 10.0 Å². The highest BCUT2D eigenvalue weighted by molar-refractivity contribution is 7.89. The third kappa shape index (κ3) is 6.60. The van der Waals surface area contributed by atoms with E-state index in [9.17, 15) is 13.2 Å². The number of nitrogens with one attached hydrogen (secondary N) is 2. The molecular formula is C22H30N2O6S. The fourth-order valence-electron chi connectivity index (χ4n) is 2.96. The minimum Gasteiger partial charge on any atom is -0.493 e. The molecule has 0 unspecified atom stereocenters. The zero-order valence-corrected chi connectivity index (χ0v) is 19.5. The molecule has 9 heteroatoms. The molecule has 2 aromatic rings. The lowest BCUT2D eigenvalue weighted by molar-refractivity contribution is -0.123. The summed E-state index contributed by atoms with van der Waals surface area (Å²) < 4.78 is 43.2. The molecule has 1 atom stereocenters. The first kappa shape index (κ1) is 24.5. The summed E-state index contributed by atoms with van der Waals surface area (Å²) >= 11 is 0. The van der Waals surface area contributed by atoms with Gasteiger partial charge in [0.2, 0.25) is 10.0 Å². The van der Waals surface area contributed by atoms with E-state index in [0.29, 0.717) is 22.8 Å². The van der Waals surface area contributed by atoms with Crippen molar-refractivity contribution < 1.29 is 27.4 Å². The topological polar surface area (TPSA) is 103 Å². The molecule has 2 aromatic carbocycles. The first-order valence-corrected chi connectivity index (χ1v) is 11.3. The van der Waals surface area contributed by atoms with Gasteiger partial charge in [-0.1, -0.05) is 6.07 Å². The number of sulfonamides is 1. The van der Waals surface area contributed by atoms with E-state index in [1.54, 1.807) is 53.2 Å². The number of hydrogen-bond acceptors (Lipinski definition) is 6. The predicted molar refractivity (Wildman–Crippen MR) is 118 cm³/mol. The molecule has 2 rings (SSSR count). The summed E-state index contributed by atoms with van der Waals surface area (Å²) in [5, 5.41) is 2.87. The van der Waals surface area contributed by atoms with Crippen LogP contribution >= 0.6 is 0 Å². The smallest absolute Gasteiger partial charge is 0.258 e. The lowest BCUT2D eigenvalue weighted by Gasteiger charge is -2.17. The zero-order valence-electron chi connectivity index (χ0n) is 18.7. The number of amides is 1. The van der Waals surface area contributed by atoms with Crippen LogP contribution in [0.25, 0.3) is 0 Å². The Morgan fingerprint density at radius 3 is 2.19 bits per heavy atom. The van der Waals surface area contributed by atoms with Gasteiger partial charge in [-0.3, -0.25) is 4.79 Å². The summed E-state index contributed by atoms with van der Waals surface area (Å²) in [7, 11) is -0.479. The molecule has 8 nitrogen and oxygen atoms in total. The van der Waals surface area contributed by atoms with Gasteiger partial charge in [0.15, 0.2) is 18.1 Å². The normalized spacial score (nSPS) is 12.4. The number of ether oxygens (including phenoxy) is 3. The van der Waals surface area contributed by atoms with Crippen LogP contribution in [0.3, 0.4) is 0 Å². The molecule has 0 saturated carbocycles. The van der Waals surface area contributed by atoms with Crippen molar-refractivity contribution in [3.05, 3.63) is 47.5 Å². The molecule has 170 valence electrons. The second kappa shape index (κ2) is 10.5. The van der Waals surface area contributed by atoms with Gasteiger partial charge in [-0.05, 0) is 69.2 Å². The summed E-state index contributed by atoms with van der Waals surface area (Å²) in [6.07, 6.45) is 0. The van der Waals surface area contributed by atoms with E-state index in [-0.39, 0.29) is 29.5 Å². The molecule has 31 heavy (non-hydrogen) atoms. The van der Waals surface area contributed by atoms with Crippen LogP contribution < -0.4 is 24.2 Å². The number of rotatable bonds is 10. The van der Waals surface area contributed by atoms with Crippen molar-refractivity contribution in [2.75, 3.05) is 20.8 Å². The van der Waals surface area contributed by atoms with Crippen LogP contribution in [0.15, 0.2) is 41.3 Å².